The molecular weight excluding hydrogens is 341 g/mol. The average molecular weight is 357 g/mol. The number of hydrogen-bond acceptors (Lipinski definition) is 1. The first kappa shape index (κ1) is 16.1. The van der Waals surface area contributed by atoms with E-state index in [0.29, 0.717) is 10.0 Å². The molecule has 0 radical (unpaired) electrons. The van der Waals surface area contributed by atoms with Crippen molar-refractivity contribution in [3.8, 4) is 0 Å². The third-order valence-electron chi connectivity index (χ3n) is 2.37. The molecule has 0 aliphatic heterocycles. The minimum Gasteiger partial charge on any atom is -0.242 e. The smallest absolute Gasteiger partial charge is 0.156 e. The van der Waals surface area contributed by atoms with Gasteiger partial charge in [0.05, 0.1) is 25.2 Å². The SMILES string of the molecule is C[C@@H](N[S@](=O)C(C)(C)C)c1ccc(Br)c(F)c1Cl. The molecule has 1 rings (SSSR count). The van der Waals surface area contributed by atoms with Gasteiger partial charge in [-0.3, -0.25) is 0 Å². The third-order valence-corrected chi connectivity index (χ3v) is 5.05. The number of hydrogen-bond donors (Lipinski definition) is 1. The first-order valence-electron chi connectivity index (χ1n) is 5.46. The molecule has 0 aromatic heterocycles. The summed E-state index contributed by atoms with van der Waals surface area (Å²) in [6, 6.07) is 3.02. The molecule has 6 heteroatoms. The highest BCUT2D eigenvalue weighted by Crippen LogP contribution is 2.31. The van der Waals surface area contributed by atoms with Crippen molar-refractivity contribution in [3.05, 3.63) is 33.0 Å². The van der Waals surface area contributed by atoms with Crippen molar-refractivity contribution >= 4 is 38.5 Å². The van der Waals surface area contributed by atoms with Crippen LogP contribution in [0, 0.1) is 5.82 Å². The molecule has 0 fully saturated rings. The molecule has 0 bridgehead atoms. The molecule has 0 heterocycles. The Morgan fingerprint density at radius 2 is 2.00 bits per heavy atom. The minimum atomic E-state index is -1.23. The molecule has 0 amide bonds. The van der Waals surface area contributed by atoms with Gasteiger partial charge in [0.2, 0.25) is 0 Å². The average Bonchev–Trinajstić information content (AvgIpc) is 2.24. The van der Waals surface area contributed by atoms with Gasteiger partial charge in [0.1, 0.15) is 0 Å². The molecule has 0 spiro atoms. The minimum absolute atomic E-state index is 0.0512. The largest absolute Gasteiger partial charge is 0.242 e. The fourth-order valence-electron chi connectivity index (χ4n) is 1.28. The second-order valence-electron chi connectivity index (χ2n) is 4.99. The van der Waals surface area contributed by atoms with Crippen LogP contribution in [0.3, 0.4) is 0 Å². The Hall–Kier alpha value is 0.0300. The molecule has 0 unspecified atom stereocenters. The summed E-state index contributed by atoms with van der Waals surface area (Å²) >= 11 is 9.02. The summed E-state index contributed by atoms with van der Waals surface area (Å²) < 4.78 is 28.5. The highest BCUT2D eigenvalue weighted by Gasteiger charge is 2.23. The Kier molecular flexibility index (Phi) is 5.35. The van der Waals surface area contributed by atoms with Crippen LogP contribution in [0.25, 0.3) is 0 Å². The number of halogens is 3. The Balaban J connectivity index is 2.96. The summed E-state index contributed by atoms with van der Waals surface area (Å²) in [5, 5.41) is 0.0512. The van der Waals surface area contributed by atoms with Crippen molar-refractivity contribution in [2.24, 2.45) is 0 Å². The van der Waals surface area contributed by atoms with Crippen LogP contribution in [0.2, 0.25) is 5.02 Å². The molecule has 0 aliphatic rings. The van der Waals surface area contributed by atoms with Gasteiger partial charge in [-0.1, -0.05) is 17.7 Å². The lowest BCUT2D eigenvalue weighted by atomic mass is 10.1. The van der Waals surface area contributed by atoms with E-state index in [0.717, 1.165) is 0 Å². The van der Waals surface area contributed by atoms with Gasteiger partial charge in [-0.05, 0) is 55.3 Å². The van der Waals surface area contributed by atoms with E-state index in [2.05, 4.69) is 20.7 Å². The van der Waals surface area contributed by atoms with E-state index < -0.39 is 16.8 Å². The summed E-state index contributed by atoms with van der Waals surface area (Å²) in [6.45, 7) is 7.41. The summed E-state index contributed by atoms with van der Waals surface area (Å²) in [6.07, 6.45) is 0. The van der Waals surface area contributed by atoms with E-state index in [-0.39, 0.29) is 15.8 Å². The molecule has 1 N–H and O–H groups in total. The molecule has 0 aliphatic carbocycles. The van der Waals surface area contributed by atoms with Crippen LogP contribution >= 0.6 is 27.5 Å². The highest BCUT2D eigenvalue weighted by molar-refractivity contribution is 9.10. The zero-order valence-corrected chi connectivity index (χ0v) is 13.8. The van der Waals surface area contributed by atoms with Crippen LogP contribution in [0.1, 0.15) is 39.3 Å². The van der Waals surface area contributed by atoms with E-state index in [4.69, 9.17) is 11.6 Å². The zero-order valence-electron chi connectivity index (χ0n) is 10.7. The van der Waals surface area contributed by atoms with E-state index in [1.807, 2.05) is 20.8 Å². The maximum Gasteiger partial charge on any atom is 0.156 e. The molecule has 1 aromatic carbocycles. The first-order chi connectivity index (χ1) is 8.14. The third kappa shape index (κ3) is 3.76. The first-order valence-corrected chi connectivity index (χ1v) is 7.78. The van der Waals surface area contributed by atoms with Gasteiger partial charge in [-0.25, -0.2) is 13.3 Å². The van der Waals surface area contributed by atoms with Crippen LogP contribution < -0.4 is 4.72 Å². The monoisotopic (exact) mass is 355 g/mol. The van der Waals surface area contributed by atoms with Crippen LogP contribution in [0.15, 0.2) is 16.6 Å². The van der Waals surface area contributed by atoms with Crippen molar-refractivity contribution in [3.63, 3.8) is 0 Å². The Bertz CT molecular complexity index is 476. The van der Waals surface area contributed by atoms with Gasteiger partial charge in [0.15, 0.2) is 5.82 Å². The maximum atomic E-state index is 13.6. The zero-order chi connectivity index (χ0) is 14.1. The summed E-state index contributed by atoms with van der Waals surface area (Å²) in [5.74, 6) is -0.496. The number of nitrogens with one attached hydrogen (secondary N) is 1. The van der Waals surface area contributed by atoms with E-state index in [1.54, 1.807) is 19.1 Å². The quantitative estimate of drug-likeness (QED) is 0.801. The van der Waals surface area contributed by atoms with Gasteiger partial charge in [-0.15, -0.1) is 0 Å². The molecule has 18 heavy (non-hydrogen) atoms. The maximum absolute atomic E-state index is 13.6. The van der Waals surface area contributed by atoms with Gasteiger partial charge in [0.25, 0.3) is 0 Å². The van der Waals surface area contributed by atoms with Crippen LogP contribution in [0.4, 0.5) is 4.39 Å². The predicted molar refractivity (Wildman–Crippen MR) is 78.6 cm³/mol. The molecule has 0 saturated carbocycles. The lowest BCUT2D eigenvalue weighted by Crippen LogP contribution is -2.34. The van der Waals surface area contributed by atoms with Crippen LogP contribution in [0.5, 0.6) is 0 Å². The second kappa shape index (κ2) is 5.99. The number of rotatable bonds is 3. The van der Waals surface area contributed by atoms with Crippen molar-refractivity contribution < 1.29 is 8.60 Å². The van der Waals surface area contributed by atoms with Gasteiger partial charge in [-0.2, -0.15) is 0 Å². The van der Waals surface area contributed by atoms with Crippen LogP contribution in [-0.4, -0.2) is 8.96 Å². The molecule has 1 aromatic rings. The fraction of sp³-hybridized carbons (Fsp3) is 0.500. The highest BCUT2D eigenvalue weighted by atomic mass is 79.9. The summed E-state index contributed by atoms with van der Waals surface area (Å²) in [4.78, 5) is 0. The van der Waals surface area contributed by atoms with E-state index in [9.17, 15) is 8.60 Å². The predicted octanol–water partition coefficient (Wildman–Crippen LogP) is 4.35. The van der Waals surface area contributed by atoms with Crippen molar-refractivity contribution in [2.75, 3.05) is 0 Å². The topological polar surface area (TPSA) is 29.1 Å². The van der Waals surface area contributed by atoms with Gasteiger partial charge in [0, 0.05) is 6.04 Å². The lowest BCUT2D eigenvalue weighted by molar-refractivity contribution is 0.602. The summed E-state index contributed by atoms with van der Waals surface area (Å²) in [5.41, 5.74) is 0.593. The summed E-state index contributed by atoms with van der Waals surface area (Å²) in [7, 11) is -1.23. The second-order valence-corrected chi connectivity index (χ2v) is 8.22. The van der Waals surface area contributed by atoms with E-state index >= 15 is 0 Å². The Labute approximate surface area is 123 Å². The number of benzene rings is 1. The van der Waals surface area contributed by atoms with Gasteiger partial charge < -0.3 is 0 Å². The normalized spacial score (nSPS) is 15.5. The molecule has 0 saturated heterocycles. The lowest BCUT2D eigenvalue weighted by Gasteiger charge is -2.22. The van der Waals surface area contributed by atoms with E-state index in [1.165, 1.54) is 0 Å². The molecule has 2 nitrogen and oxygen atoms in total. The fourth-order valence-corrected chi connectivity index (χ4v) is 2.85. The van der Waals surface area contributed by atoms with Gasteiger partial charge >= 0.3 is 0 Å². The molecule has 2 atom stereocenters. The molecular formula is C12H16BrClFNOS. The standard InChI is InChI=1S/C12H16BrClFNOS/c1-7(16-18(17)12(2,3)4)8-5-6-9(13)11(15)10(8)14/h5-7,16H,1-4H3/t7-,18-/m1/s1. The van der Waals surface area contributed by atoms with Crippen molar-refractivity contribution in [1.29, 1.82) is 0 Å². The Morgan fingerprint density at radius 1 is 1.44 bits per heavy atom. The van der Waals surface area contributed by atoms with Crippen molar-refractivity contribution in [1.82, 2.24) is 4.72 Å². The Morgan fingerprint density at radius 3 is 2.50 bits per heavy atom. The van der Waals surface area contributed by atoms with Crippen LogP contribution in [-0.2, 0) is 11.0 Å². The van der Waals surface area contributed by atoms with Crippen molar-refractivity contribution in [2.45, 2.75) is 38.5 Å². The molecule has 102 valence electrons.